The number of amides is 1. The summed E-state index contributed by atoms with van der Waals surface area (Å²) >= 11 is 0. The third-order valence-corrected chi connectivity index (χ3v) is 1.98. The second kappa shape index (κ2) is 4.64. The van der Waals surface area contributed by atoms with Crippen LogP contribution >= 0.6 is 0 Å². The molecule has 3 nitrogen and oxygen atoms in total. The summed E-state index contributed by atoms with van der Waals surface area (Å²) in [6.45, 7) is 3.76. The Morgan fingerprint density at radius 1 is 1.27 bits per heavy atom. The van der Waals surface area contributed by atoms with Gasteiger partial charge >= 0.3 is 0 Å². The van der Waals surface area contributed by atoms with Crippen LogP contribution in [-0.4, -0.2) is 18.1 Å². The van der Waals surface area contributed by atoms with Gasteiger partial charge < -0.3 is 10.0 Å². The molecule has 3 heteroatoms. The van der Waals surface area contributed by atoms with E-state index in [9.17, 15) is 4.79 Å². The number of anilines is 1. The van der Waals surface area contributed by atoms with Crippen LogP contribution in [0.5, 0.6) is 5.75 Å². The largest absolute Gasteiger partial charge is 0.508 e. The summed E-state index contributed by atoms with van der Waals surface area (Å²) in [5.74, 6) is 0.127. The summed E-state index contributed by atoms with van der Waals surface area (Å²) < 4.78 is 0. The molecule has 0 atom stereocenters. The van der Waals surface area contributed by atoms with Crippen LogP contribution in [-0.2, 0) is 4.79 Å². The van der Waals surface area contributed by atoms with Gasteiger partial charge in [-0.2, -0.15) is 0 Å². The van der Waals surface area contributed by atoms with Crippen molar-refractivity contribution in [2.24, 2.45) is 0 Å². The molecule has 0 aromatic heterocycles. The highest BCUT2D eigenvalue weighted by Crippen LogP contribution is 2.17. The molecule has 80 valence electrons. The van der Waals surface area contributed by atoms with Crippen LogP contribution in [0.1, 0.15) is 13.8 Å². The molecule has 1 rings (SSSR count). The van der Waals surface area contributed by atoms with E-state index >= 15 is 0 Å². The highest BCUT2D eigenvalue weighted by Gasteiger charge is 2.07. The lowest BCUT2D eigenvalue weighted by molar-refractivity contribution is -0.113. The van der Waals surface area contributed by atoms with Crippen molar-refractivity contribution in [2.75, 3.05) is 11.9 Å². The molecule has 1 N–H and O–H groups in total. The van der Waals surface area contributed by atoms with Crippen molar-refractivity contribution in [2.45, 2.75) is 13.8 Å². The Bertz CT molecular complexity index is 375. The normalized spacial score (nSPS) is 9.53. The average Bonchev–Trinajstić information content (AvgIpc) is 2.17. The van der Waals surface area contributed by atoms with Crippen molar-refractivity contribution in [3.05, 3.63) is 35.9 Å². The zero-order chi connectivity index (χ0) is 11.4. The second-order valence-electron chi connectivity index (χ2n) is 3.64. The molecule has 15 heavy (non-hydrogen) atoms. The van der Waals surface area contributed by atoms with E-state index in [1.807, 2.05) is 13.8 Å². The molecule has 0 heterocycles. The Labute approximate surface area is 89.6 Å². The minimum atomic E-state index is -0.0688. The number of aromatic hydroxyl groups is 1. The van der Waals surface area contributed by atoms with Crippen molar-refractivity contribution in [1.29, 1.82) is 0 Å². The fourth-order valence-electron chi connectivity index (χ4n) is 1.15. The smallest absolute Gasteiger partial charge is 0.250 e. The van der Waals surface area contributed by atoms with Crippen molar-refractivity contribution in [1.82, 2.24) is 0 Å². The van der Waals surface area contributed by atoms with Gasteiger partial charge in [0.2, 0.25) is 0 Å². The van der Waals surface area contributed by atoms with Crippen LogP contribution in [0.3, 0.4) is 0 Å². The first kappa shape index (κ1) is 11.3. The van der Waals surface area contributed by atoms with Crippen LogP contribution in [0.2, 0.25) is 0 Å². The first-order valence-electron chi connectivity index (χ1n) is 4.72. The third-order valence-electron chi connectivity index (χ3n) is 1.98. The van der Waals surface area contributed by atoms with E-state index in [0.29, 0.717) is 0 Å². The minimum Gasteiger partial charge on any atom is -0.508 e. The van der Waals surface area contributed by atoms with Gasteiger partial charge in [0.25, 0.3) is 5.91 Å². The number of hydrogen-bond donors (Lipinski definition) is 1. The SMILES string of the molecule is CC(C)=CC(=O)N(C)c1ccc(O)cc1. The van der Waals surface area contributed by atoms with Gasteiger partial charge in [-0.15, -0.1) is 0 Å². The second-order valence-corrected chi connectivity index (χ2v) is 3.64. The molecule has 1 amide bonds. The molecule has 1 aromatic carbocycles. The van der Waals surface area contributed by atoms with E-state index < -0.39 is 0 Å². The highest BCUT2D eigenvalue weighted by atomic mass is 16.3. The van der Waals surface area contributed by atoms with Crippen LogP contribution < -0.4 is 4.90 Å². The quantitative estimate of drug-likeness (QED) is 0.753. The maximum Gasteiger partial charge on any atom is 0.250 e. The van der Waals surface area contributed by atoms with E-state index in [4.69, 9.17) is 5.11 Å². The molecule has 0 spiro atoms. The zero-order valence-electron chi connectivity index (χ0n) is 9.19. The fraction of sp³-hybridized carbons (Fsp3) is 0.250. The molecule has 0 radical (unpaired) electrons. The lowest BCUT2D eigenvalue weighted by atomic mass is 10.2. The highest BCUT2D eigenvalue weighted by molar-refractivity contribution is 6.01. The number of carbonyl (C=O) groups excluding carboxylic acids is 1. The molecule has 1 aromatic rings. The molecule has 0 bridgehead atoms. The molecule has 0 saturated heterocycles. The number of benzene rings is 1. The summed E-state index contributed by atoms with van der Waals surface area (Å²) in [7, 11) is 1.70. The number of carbonyl (C=O) groups is 1. The molecule has 0 fully saturated rings. The minimum absolute atomic E-state index is 0.0688. The van der Waals surface area contributed by atoms with Crippen molar-refractivity contribution in [3.8, 4) is 5.75 Å². The first-order chi connectivity index (χ1) is 7.00. The van der Waals surface area contributed by atoms with Gasteiger partial charge in [0.15, 0.2) is 0 Å². The monoisotopic (exact) mass is 205 g/mol. The van der Waals surface area contributed by atoms with Crippen molar-refractivity contribution in [3.63, 3.8) is 0 Å². The molecular formula is C12H15NO2. The average molecular weight is 205 g/mol. The number of phenols is 1. The van der Waals surface area contributed by atoms with Crippen LogP contribution in [0.4, 0.5) is 5.69 Å². The summed E-state index contributed by atoms with van der Waals surface area (Å²) in [4.78, 5) is 13.2. The molecule has 0 aliphatic rings. The summed E-state index contributed by atoms with van der Waals surface area (Å²) in [6.07, 6.45) is 1.58. The zero-order valence-corrected chi connectivity index (χ0v) is 9.19. The fourth-order valence-corrected chi connectivity index (χ4v) is 1.15. The maximum atomic E-state index is 11.6. The Kier molecular flexibility index (Phi) is 3.50. The van der Waals surface area contributed by atoms with Crippen LogP contribution in [0, 0.1) is 0 Å². The maximum absolute atomic E-state index is 11.6. The third kappa shape index (κ3) is 3.13. The summed E-state index contributed by atoms with van der Waals surface area (Å²) in [5, 5.41) is 9.11. The number of nitrogens with zero attached hydrogens (tertiary/aromatic N) is 1. The Balaban J connectivity index is 2.85. The first-order valence-corrected chi connectivity index (χ1v) is 4.72. The number of hydrogen-bond acceptors (Lipinski definition) is 2. The lowest BCUT2D eigenvalue weighted by Crippen LogP contribution is -2.24. The van der Waals surface area contributed by atoms with Gasteiger partial charge in [0.1, 0.15) is 5.75 Å². The van der Waals surface area contributed by atoms with Gasteiger partial charge in [-0.3, -0.25) is 4.79 Å². The van der Waals surface area contributed by atoms with Gasteiger partial charge in [-0.25, -0.2) is 0 Å². The molecule has 0 unspecified atom stereocenters. The Morgan fingerprint density at radius 3 is 2.27 bits per heavy atom. The van der Waals surface area contributed by atoms with E-state index in [0.717, 1.165) is 11.3 Å². The number of phenolic OH excluding ortho intramolecular Hbond substituents is 1. The van der Waals surface area contributed by atoms with Gasteiger partial charge in [-0.1, -0.05) is 5.57 Å². The van der Waals surface area contributed by atoms with E-state index in [1.165, 1.54) is 4.90 Å². The molecular weight excluding hydrogens is 190 g/mol. The topological polar surface area (TPSA) is 40.5 Å². The van der Waals surface area contributed by atoms with Crippen LogP contribution in [0.25, 0.3) is 0 Å². The van der Waals surface area contributed by atoms with Crippen LogP contribution in [0.15, 0.2) is 35.9 Å². The Hall–Kier alpha value is -1.77. The molecule has 0 aliphatic heterocycles. The summed E-state index contributed by atoms with van der Waals surface area (Å²) in [5.41, 5.74) is 1.72. The predicted molar refractivity (Wildman–Crippen MR) is 60.9 cm³/mol. The number of rotatable bonds is 2. The number of likely N-dealkylation sites (N-methyl/N-ethyl adjacent to an activating group) is 1. The predicted octanol–water partition coefficient (Wildman–Crippen LogP) is 2.32. The Morgan fingerprint density at radius 2 is 1.80 bits per heavy atom. The number of allylic oxidation sites excluding steroid dienone is 1. The van der Waals surface area contributed by atoms with Crippen molar-refractivity contribution >= 4 is 11.6 Å². The van der Waals surface area contributed by atoms with Gasteiger partial charge in [0, 0.05) is 18.8 Å². The van der Waals surface area contributed by atoms with Gasteiger partial charge in [-0.05, 0) is 38.1 Å². The van der Waals surface area contributed by atoms with Gasteiger partial charge in [0.05, 0.1) is 0 Å². The van der Waals surface area contributed by atoms with E-state index in [2.05, 4.69) is 0 Å². The molecule has 0 saturated carbocycles. The van der Waals surface area contributed by atoms with E-state index in [-0.39, 0.29) is 11.7 Å². The van der Waals surface area contributed by atoms with E-state index in [1.54, 1.807) is 37.4 Å². The standard InChI is InChI=1S/C12H15NO2/c1-9(2)8-12(15)13(3)10-4-6-11(14)7-5-10/h4-8,14H,1-3H3. The lowest BCUT2D eigenvalue weighted by Gasteiger charge is -2.15. The summed E-state index contributed by atoms with van der Waals surface area (Å²) in [6, 6.07) is 6.52. The van der Waals surface area contributed by atoms with Crippen molar-refractivity contribution < 1.29 is 9.90 Å². The molecule has 0 aliphatic carbocycles.